The van der Waals surface area contributed by atoms with E-state index in [-0.39, 0.29) is 11.6 Å². The molecule has 1 aromatic carbocycles. The maximum atomic E-state index is 12.5. The summed E-state index contributed by atoms with van der Waals surface area (Å²) in [6.07, 6.45) is 1.34. The molecular formula is C16H21N3O5. The summed E-state index contributed by atoms with van der Waals surface area (Å²) in [6, 6.07) is 4.01. The van der Waals surface area contributed by atoms with Gasteiger partial charge in [0.2, 0.25) is 5.91 Å². The highest BCUT2D eigenvalue weighted by Gasteiger charge is 2.31. The Balaban J connectivity index is 2.08. The SMILES string of the molecule is Cc1c(NC(=O)C(C)N2CCCC(C(=O)O)C2)cccc1[N+](=O)[O-]. The molecule has 2 N–H and O–H groups in total. The highest BCUT2D eigenvalue weighted by Crippen LogP contribution is 2.26. The number of carbonyl (C=O) groups is 2. The molecule has 0 bridgehead atoms. The standard InChI is InChI=1S/C16H21N3O5/c1-10-13(6-3-7-14(10)19(23)24)17-15(20)11(2)18-8-4-5-12(9-18)16(21)22/h3,6-7,11-12H,4-5,8-9H2,1-2H3,(H,17,20)(H,21,22). The summed E-state index contributed by atoms with van der Waals surface area (Å²) in [5.74, 6) is -1.61. The number of likely N-dealkylation sites (tertiary alicyclic amines) is 1. The smallest absolute Gasteiger partial charge is 0.307 e. The van der Waals surface area contributed by atoms with Crippen molar-refractivity contribution in [1.29, 1.82) is 0 Å². The number of nitrogens with zero attached hydrogens (tertiary/aromatic N) is 2. The van der Waals surface area contributed by atoms with E-state index in [1.807, 2.05) is 4.90 Å². The molecule has 1 aromatic rings. The zero-order valence-corrected chi connectivity index (χ0v) is 13.7. The number of nitro benzene ring substituents is 1. The summed E-state index contributed by atoms with van der Waals surface area (Å²) in [4.78, 5) is 35.9. The molecule has 2 rings (SSSR count). The molecule has 2 atom stereocenters. The first-order valence-electron chi connectivity index (χ1n) is 7.83. The van der Waals surface area contributed by atoms with Crippen molar-refractivity contribution < 1.29 is 19.6 Å². The summed E-state index contributed by atoms with van der Waals surface area (Å²) >= 11 is 0. The molecular weight excluding hydrogens is 314 g/mol. The molecule has 1 saturated heterocycles. The number of carbonyl (C=O) groups excluding carboxylic acids is 1. The molecule has 1 aliphatic rings. The van der Waals surface area contributed by atoms with Gasteiger partial charge in [-0.1, -0.05) is 6.07 Å². The third-order valence-corrected chi connectivity index (χ3v) is 4.49. The van der Waals surface area contributed by atoms with E-state index in [0.717, 1.165) is 6.42 Å². The largest absolute Gasteiger partial charge is 0.481 e. The molecule has 2 unspecified atom stereocenters. The minimum absolute atomic E-state index is 0.0515. The highest BCUT2D eigenvalue weighted by molar-refractivity contribution is 5.95. The Labute approximate surface area is 139 Å². The van der Waals surface area contributed by atoms with Crippen LogP contribution in [0, 0.1) is 23.0 Å². The van der Waals surface area contributed by atoms with Crippen LogP contribution < -0.4 is 5.32 Å². The molecule has 0 aliphatic carbocycles. The van der Waals surface area contributed by atoms with E-state index in [2.05, 4.69) is 5.32 Å². The van der Waals surface area contributed by atoms with E-state index in [1.165, 1.54) is 12.1 Å². The van der Waals surface area contributed by atoms with E-state index < -0.39 is 22.9 Å². The molecule has 0 saturated carbocycles. The molecule has 1 fully saturated rings. The van der Waals surface area contributed by atoms with Gasteiger partial charge in [0.05, 0.1) is 28.1 Å². The number of hydrogen-bond donors (Lipinski definition) is 2. The monoisotopic (exact) mass is 335 g/mol. The number of benzene rings is 1. The van der Waals surface area contributed by atoms with Gasteiger partial charge in [-0.15, -0.1) is 0 Å². The van der Waals surface area contributed by atoms with Crippen LogP contribution >= 0.6 is 0 Å². The quantitative estimate of drug-likeness (QED) is 0.629. The Morgan fingerprint density at radius 3 is 2.79 bits per heavy atom. The fourth-order valence-electron chi connectivity index (χ4n) is 2.92. The Hall–Kier alpha value is -2.48. The Morgan fingerprint density at radius 2 is 2.17 bits per heavy atom. The van der Waals surface area contributed by atoms with Gasteiger partial charge in [-0.25, -0.2) is 0 Å². The summed E-state index contributed by atoms with van der Waals surface area (Å²) in [7, 11) is 0. The fourth-order valence-corrected chi connectivity index (χ4v) is 2.92. The first kappa shape index (κ1) is 17.9. The summed E-state index contributed by atoms with van der Waals surface area (Å²) in [6.45, 7) is 4.29. The lowest BCUT2D eigenvalue weighted by molar-refractivity contribution is -0.385. The minimum Gasteiger partial charge on any atom is -0.481 e. The summed E-state index contributed by atoms with van der Waals surface area (Å²) in [5, 5.41) is 22.8. The molecule has 24 heavy (non-hydrogen) atoms. The molecule has 0 aromatic heterocycles. The van der Waals surface area contributed by atoms with Gasteiger partial charge in [0.1, 0.15) is 0 Å². The zero-order valence-electron chi connectivity index (χ0n) is 13.7. The van der Waals surface area contributed by atoms with Crippen molar-refractivity contribution in [2.45, 2.75) is 32.7 Å². The van der Waals surface area contributed by atoms with Crippen molar-refractivity contribution in [3.8, 4) is 0 Å². The van der Waals surface area contributed by atoms with Crippen LogP contribution in [0.5, 0.6) is 0 Å². The van der Waals surface area contributed by atoms with Crippen molar-refractivity contribution in [2.75, 3.05) is 18.4 Å². The van der Waals surface area contributed by atoms with Crippen molar-refractivity contribution in [1.82, 2.24) is 4.90 Å². The van der Waals surface area contributed by atoms with Crippen LogP contribution in [0.4, 0.5) is 11.4 Å². The van der Waals surface area contributed by atoms with E-state index >= 15 is 0 Å². The number of rotatable bonds is 5. The van der Waals surface area contributed by atoms with Gasteiger partial charge in [-0.3, -0.25) is 24.6 Å². The van der Waals surface area contributed by atoms with Crippen molar-refractivity contribution in [2.24, 2.45) is 5.92 Å². The fraction of sp³-hybridized carbons (Fsp3) is 0.500. The number of carboxylic acid groups (broad SMARTS) is 1. The van der Waals surface area contributed by atoms with Crippen LogP contribution in [0.2, 0.25) is 0 Å². The number of aliphatic carboxylic acids is 1. The second-order valence-electron chi connectivity index (χ2n) is 6.04. The average molecular weight is 335 g/mol. The van der Waals surface area contributed by atoms with Gasteiger partial charge in [-0.2, -0.15) is 0 Å². The highest BCUT2D eigenvalue weighted by atomic mass is 16.6. The van der Waals surface area contributed by atoms with Gasteiger partial charge in [0.15, 0.2) is 0 Å². The van der Waals surface area contributed by atoms with E-state index in [1.54, 1.807) is 19.9 Å². The molecule has 1 amide bonds. The van der Waals surface area contributed by atoms with Crippen LogP contribution in [0.15, 0.2) is 18.2 Å². The van der Waals surface area contributed by atoms with E-state index in [0.29, 0.717) is 30.8 Å². The molecule has 8 nitrogen and oxygen atoms in total. The minimum atomic E-state index is -0.846. The normalized spacial score (nSPS) is 19.5. The predicted molar refractivity (Wildman–Crippen MR) is 87.9 cm³/mol. The first-order valence-corrected chi connectivity index (χ1v) is 7.83. The molecule has 0 radical (unpaired) electrons. The second kappa shape index (κ2) is 7.39. The summed E-state index contributed by atoms with van der Waals surface area (Å²) in [5.41, 5.74) is 0.738. The number of hydrogen-bond acceptors (Lipinski definition) is 5. The van der Waals surface area contributed by atoms with Crippen molar-refractivity contribution in [3.63, 3.8) is 0 Å². The van der Waals surface area contributed by atoms with E-state index in [9.17, 15) is 19.7 Å². The Kier molecular flexibility index (Phi) is 5.50. The maximum Gasteiger partial charge on any atom is 0.307 e. The summed E-state index contributed by atoms with van der Waals surface area (Å²) < 4.78 is 0. The molecule has 1 heterocycles. The lowest BCUT2D eigenvalue weighted by Gasteiger charge is -2.34. The average Bonchev–Trinajstić information content (AvgIpc) is 2.55. The second-order valence-corrected chi connectivity index (χ2v) is 6.04. The van der Waals surface area contributed by atoms with Crippen molar-refractivity contribution >= 4 is 23.3 Å². The lowest BCUT2D eigenvalue weighted by atomic mass is 9.97. The number of carboxylic acids is 1. The van der Waals surface area contributed by atoms with Crippen LogP contribution in [-0.4, -0.2) is 45.9 Å². The number of anilines is 1. The van der Waals surface area contributed by atoms with Gasteiger partial charge < -0.3 is 10.4 Å². The number of amides is 1. The van der Waals surface area contributed by atoms with E-state index in [4.69, 9.17) is 5.11 Å². The number of piperidine rings is 1. The lowest BCUT2D eigenvalue weighted by Crippen LogP contribution is -2.48. The number of nitro groups is 1. The van der Waals surface area contributed by atoms with Crippen LogP contribution in [0.1, 0.15) is 25.3 Å². The van der Waals surface area contributed by atoms with Gasteiger partial charge in [0.25, 0.3) is 5.69 Å². The third-order valence-electron chi connectivity index (χ3n) is 4.49. The van der Waals surface area contributed by atoms with Crippen LogP contribution in [0.3, 0.4) is 0 Å². The third kappa shape index (κ3) is 3.88. The Morgan fingerprint density at radius 1 is 1.46 bits per heavy atom. The zero-order chi connectivity index (χ0) is 17.9. The van der Waals surface area contributed by atoms with Crippen LogP contribution in [0.25, 0.3) is 0 Å². The maximum absolute atomic E-state index is 12.5. The molecule has 8 heteroatoms. The molecule has 1 aliphatic heterocycles. The number of nitrogens with one attached hydrogen (secondary N) is 1. The Bertz CT molecular complexity index is 661. The molecule has 0 spiro atoms. The predicted octanol–water partition coefficient (Wildman–Crippen LogP) is 2.03. The van der Waals surface area contributed by atoms with Gasteiger partial charge in [0, 0.05) is 12.6 Å². The topological polar surface area (TPSA) is 113 Å². The first-order chi connectivity index (χ1) is 11.3. The van der Waals surface area contributed by atoms with Crippen molar-refractivity contribution in [3.05, 3.63) is 33.9 Å². The van der Waals surface area contributed by atoms with Crippen LogP contribution in [-0.2, 0) is 9.59 Å². The van der Waals surface area contributed by atoms with Gasteiger partial charge >= 0.3 is 5.97 Å². The van der Waals surface area contributed by atoms with Gasteiger partial charge in [-0.05, 0) is 39.3 Å². The molecule has 130 valence electrons.